The number of nitro groups is 1. The Labute approximate surface area is 283 Å². The summed E-state index contributed by atoms with van der Waals surface area (Å²) in [6.07, 6.45) is 2.48. The number of para-hydroxylation sites is 2. The van der Waals surface area contributed by atoms with Crippen molar-refractivity contribution in [1.82, 2.24) is 9.47 Å². The van der Waals surface area contributed by atoms with Crippen molar-refractivity contribution < 1.29 is 14.5 Å². The zero-order valence-corrected chi connectivity index (χ0v) is 27.2. The molecule has 1 aliphatic heterocycles. The fourth-order valence-corrected chi connectivity index (χ4v) is 6.64. The van der Waals surface area contributed by atoms with E-state index in [0.29, 0.717) is 43.1 Å². The van der Waals surface area contributed by atoms with Crippen LogP contribution >= 0.6 is 11.6 Å². The van der Waals surface area contributed by atoms with Gasteiger partial charge in [-0.3, -0.25) is 19.7 Å². The number of nitro benzene ring substituents is 1. The van der Waals surface area contributed by atoms with Crippen LogP contribution in [0.4, 0.5) is 11.4 Å². The Kier molecular flexibility index (Phi) is 9.87. The number of hydrogen-bond acceptors (Lipinski definition) is 6. The van der Waals surface area contributed by atoms with E-state index in [1.165, 1.54) is 28.8 Å². The highest BCUT2D eigenvalue weighted by Gasteiger charge is 2.36. The topological polar surface area (TPSA) is 97.9 Å². The van der Waals surface area contributed by atoms with Crippen molar-refractivity contribution >= 4 is 28.9 Å². The minimum absolute atomic E-state index is 0.162. The minimum atomic E-state index is -0.848. The Bertz CT molecular complexity index is 1970. The summed E-state index contributed by atoms with van der Waals surface area (Å²) in [5.41, 5.74) is 2.96. The minimum Gasteiger partial charge on any atom is -0.495 e. The summed E-state index contributed by atoms with van der Waals surface area (Å²) in [4.78, 5) is 44.1. The highest BCUT2D eigenvalue weighted by molar-refractivity contribution is 6.31. The molecule has 1 fully saturated rings. The molecule has 10 heteroatoms. The van der Waals surface area contributed by atoms with Crippen LogP contribution < -0.4 is 15.2 Å². The van der Waals surface area contributed by atoms with Crippen molar-refractivity contribution in [2.45, 2.75) is 24.9 Å². The number of aromatic nitrogens is 1. The average molecular weight is 663 g/mol. The fourth-order valence-electron chi connectivity index (χ4n) is 6.46. The number of ether oxygens (including phenoxy) is 1. The predicted octanol–water partition coefficient (Wildman–Crippen LogP) is 6.83. The highest BCUT2D eigenvalue weighted by Crippen LogP contribution is 2.33. The third kappa shape index (κ3) is 7.11. The SMILES string of the molecule is COc1ccccc1N1CCN(C(=O)C(Cc2ccccc2)n2ccc(-c3cc(Cl)ccc3[N+](=O)[O-])cc2=O)C(Cc2ccccc2)C1. The van der Waals surface area contributed by atoms with Crippen LogP contribution in [0.25, 0.3) is 11.1 Å². The Hall–Kier alpha value is -5.41. The maximum Gasteiger partial charge on any atom is 0.277 e. The van der Waals surface area contributed by atoms with Crippen LogP contribution in [0.1, 0.15) is 17.2 Å². The molecule has 2 atom stereocenters. The molecule has 0 N–H and O–H groups in total. The molecule has 4 aromatic carbocycles. The number of hydrogen-bond donors (Lipinski definition) is 0. The molecular formula is C38H35ClN4O5. The van der Waals surface area contributed by atoms with Gasteiger partial charge in [-0.15, -0.1) is 0 Å². The van der Waals surface area contributed by atoms with Gasteiger partial charge in [0.1, 0.15) is 11.8 Å². The molecule has 2 unspecified atom stereocenters. The maximum absolute atomic E-state index is 14.8. The van der Waals surface area contributed by atoms with Crippen LogP contribution in [0.2, 0.25) is 5.02 Å². The Morgan fingerprint density at radius 3 is 2.29 bits per heavy atom. The number of anilines is 1. The molecule has 2 heterocycles. The van der Waals surface area contributed by atoms with Gasteiger partial charge in [-0.05, 0) is 53.4 Å². The van der Waals surface area contributed by atoms with Gasteiger partial charge in [0, 0.05) is 49.4 Å². The second kappa shape index (κ2) is 14.6. The number of piperazine rings is 1. The Balaban J connectivity index is 1.38. The van der Waals surface area contributed by atoms with E-state index in [1.54, 1.807) is 19.4 Å². The average Bonchev–Trinajstić information content (AvgIpc) is 3.11. The van der Waals surface area contributed by atoms with Crippen LogP contribution in [0.3, 0.4) is 0 Å². The van der Waals surface area contributed by atoms with E-state index in [-0.39, 0.29) is 23.2 Å². The van der Waals surface area contributed by atoms with Crippen molar-refractivity contribution in [3.05, 3.63) is 158 Å². The first kappa shape index (κ1) is 32.5. The molecule has 0 radical (unpaired) electrons. The van der Waals surface area contributed by atoms with E-state index in [4.69, 9.17) is 16.3 Å². The van der Waals surface area contributed by atoms with Crippen LogP contribution in [-0.4, -0.2) is 53.1 Å². The second-order valence-electron chi connectivity index (χ2n) is 11.8. The lowest BCUT2D eigenvalue weighted by Crippen LogP contribution is -2.58. The number of methoxy groups -OCH3 is 1. The summed E-state index contributed by atoms with van der Waals surface area (Å²) in [5, 5.41) is 12.1. The van der Waals surface area contributed by atoms with Crippen LogP contribution in [-0.2, 0) is 17.6 Å². The van der Waals surface area contributed by atoms with Gasteiger partial charge in [0.15, 0.2) is 0 Å². The van der Waals surface area contributed by atoms with Gasteiger partial charge >= 0.3 is 0 Å². The summed E-state index contributed by atoms with van der Waals surface area (Å²) < 4.78 is 7.11. The molecule has 0 bridgehead atoms. The van der Waals surface area contributed by atoms with E-state index in [2.05, 4.69) is 17.0 Å². The number of halogens is 1. The van der Waals surface area contributed by atoms with E-state index in [1.807, 2.05) is 77.7 Å². The smallest absolute Gasteiger partial charge is 0.277 e. The zero-order chi connectivity index (χ0) is 33.6. The third-order valence-corrected chi connectivity index (χ3v) is 9.05. The zero-order valence-electron chi connectivity index (χ0n) is 26.4. The van der Waals surface area contributed by atoms with Gasteiger partial charge in [0.25, 0.3) is 11.2 Å². The highest BCUT2D eigenvalue weighted by atomic mass is 35.5. The molecule has 1 amide bonds. The molecule has 0 saturated carbocycles. The van der Waals surface area contributed by atoms with Gasteiger partial charge in [-0.2, -0.15) is 0 Å². The lowest BCUT2D eigenvalue weighted by atomic mass is 9.98. The standard InChI is InChI=1S/C38H35ClN4O5/c1-48-36-15-9-8-14-34(36)40-20-21-41(31(26-40)22-27-10-4-2-5-11-27)38(45)35(23-28-12-6-3-7-13-28)42-19-18-29(24-37(42)44)32-25-30(39)16-17-33(32)43(46)47/h2-19,24-25,31,35H,20-23,26H2,1H3. The monoisotopic (exact) mass is 662 g/mol. The number of rotatable bonds is 10. The van der Waals surface area contributed by atoms with Gasteiger partial charge in [-0.1, -0.05) is 84.4 Å². The molecule has 9 nitrogen and oxygen atoms in total. The molecule has 5 aromatic rings. The molecule has 48 heavy (non-hydrogen) atoms. The molecule has 6 rings (SSSR count). The fraction of sp³-hybridized carbons (Fsp3) is 0.211. The van der Waals surface area contributed by atoms with E-state index >= 15 is 0 Å². The van der Waals surface area contributed by atoms with Crippen molar-refractivity contribution in [2.75, 3.05) is 31.6 Å². The van der Waals surface area contributed by atoms with E-state index in [9.17, 15) is 19.7 Å². The number of pyridine rings is 1. The summed E-state index contributed by atoms with van der Waals surface area (Å²) in [6.45, 7) is 1.61. The summed E-state index contributed by atoms with van der Waals surface area (Å²) in [7, 11) is 1.65. The van der Waals surface area contributed by atoms with Crippen LogP contribution in [0.15, 0.2) is 126 Å². The molecule has 244 valence electrons. The Morgan fingerprint density at radius 1 is 0.917 bits per heavy atom. The lowest BCUT2D eigenvalue weighted by molar-refractivity contribution is -0.384. The molecule has 1 aromatic heterocycles. The predicted molar refractivity (Wildman–Crippen MR) is 188 cm³/mol. The molecular weight excluding hydrogens is 628 g/mol. The van der Waals surface area contributed by atoms with Crippen molar-refractivity contribution in [1.29, 1.82) is 0 Å². The number of carbonyl (C=O) groups is 1. The summed E-state index contributed by atoms with van der Waals surface area (Å²) in [5.74, 6) is 0.604. The summed E-state index contributed by atoms with van der Waals surface area (Å²) >= 11 is 6.18. The molecule has 0 spiro atoms. The van der Waals surface area contributed by atoms with Crippen molar-refractivity contribution in [2.24, 2.45) is 0 Å². The van der Waals surface area contributed by atoms with Crippen LogP contribution in [0.5, 0.6) is 5.75 Å². The molecule has 1 aliphatic rings. The van der Waals surface area contributed by atoms with E-state index in [0.717, 1.165) is 22.6 Å². The first-order valence-electron chi connectivity index (χ1n) is 15.7. The largest absolute Gasteiger partial charge is 0.495 e. The normalized spacial score (nSPS) is 15.2. The van der Waals surface area contributed by atoms with Gasteiger partial charge < -0.3 is 19.1 Å². The third-order valence-electron chi connectivity index (χ3n) is 8.81. The number of benzene rings is 4. The lowest BCUT2D eigenvalue weighted by Gasteiger charge is -2.44. The number of amides is 1. The van der Waals surface area contributed by atoms with Gasteiger partial charge in [0.2, 0.25) is 5.91 Å². The van der Waals surface area contributed by atoms with Gasteiger partial charge in [0.05, 0.1) is 29.3 Å². The van der Waals surface area contributed by atoms with Crippen molar-refractivity contribution in [3.8, 4) is 16.9 Å². The van der Waals surface area contributed by atoms with Gasteiger partial charge in [-0.25, -0.2) is 0 Å². The first-order chi connectivity index (χ1) is 23.3. The van der Waals surface area contributed by atoms with E-state index < -0.39 is 16.5 Å². The van der Waals surface area contributed by atoms with Crippen LogP contribution in [0, 0.1) is 10.1 Å². The second-order valence-corrected chi connectivity index (χ2v) is 12.2. The first-order valence-corrected chi connectivity index (χ1v) is 16.1. The number of carbonyl (C=O) groups excluding carboxylic acids is 1. The maximum atomic E-state index is 14.8. The van der Waals surface area contributed by atoms with Crippen molar-refractivity contribution in [3.63, 3.8) is 0 Å². The summed E-state index contributed by atoms with van der Waals surface area (Å²) in [6, 6.07) is 33.7. The Morgan fingerprint density at radius 2 is 1.60 bits per heavy atom. The quantitative estimate of drug-likeness (QED) is 0.120. The molecule has 1 saturated heterocycles. The number of nitrogens with zero attached hydrogens (tertiary/aromatic N) is 4. The molecule has 0 aliphatic carbocycles.